The number of para-hydroxylation sites is 1. The quantitative estimate of drug-likeness (QED) is 0.0456. The van der Waals surface area contributed by atoms with Gasteiger partial charge in [-0.05, 0) is 85.6 Å². The van der Waals surface area contributed by atoms with Gasteiger partial charge in [0, 0.05) is 5.69 Å². The first-order valence-corrected chi connectivity index (χ1v) is 14.5. The molecule has 4 aromatic rings. The number of esters is 1. The van der Waals surface area contributed by atoms with Crippen molar-refractivity contribution in [2.75, 3.05) is 24.4 Å². The third-order valence-corrected chi connectivity index (χ3v) is 6.56. The van der Waals surface area contributed by atoms with Gasteiger partial charge in [0.2, 0.25) is 0 Å². The Kier molecular flexibility index (Phi) is 11.6. The van der Waals surface area contributed by atoms with Crippen molar-refractivity contribution >= 4 is 41.3 Å². The fraction of sp³-hybridized carbons (Fsp3) is 0.171. The number of hydrogen-bond acceptors (Lipinski definition) is 8. The smallest absolute Gasteiger partial charge is 0.343 e. The molecule has 0 radical (unpaired) electrons. The largest absolute Gasteiger partial charge is 0.494 e. The summed E-state index contributed by atoms with van der Waals surface area (Å²) < 4.78 is 16.5. The lowest BCUT2D eigenvalue weighted by Gasteiger charge is -2.11. The van der Waals surface area contributed by atoms with E-state index in [0.29, 0.717) is 29.2 Å². The number of amides is 3. The third-order valence-electron chi connectivity index (χ3n) is 6.56. The number of rotatable bonds is 12. The second-order valence-corrected chi connectivity index (χ2v) is 10.0. The van der Waals surface area contributed by atoms with Crippen LogP contribution in [0.1, 0.15) is 51.6 Å². The Morgan fingerprint density at radius 3 is 2.28 bits per heavy atom. The van der Waals surface area contributed by atoms with E-state index < -0.39 is 23.7 Å². The molecule has 11 nitrogen and oxygen atoms in total. The Morgan fingerprint density at radius 1 is 0.826 bits per heavy atom. The van der Waals surface area contributed by atoms with Crippen molar-refractivity contribution in [2.24, 2.45) is 5.10 Å². The highest BCUT2D eigenvalue weighted by Crippen LogP contribution is 2.28. The SMILES string of the molecule is CCCCOc1ccc(C(=O)Oc2ccc(/C=N/NC(=O)C(=O)Nc3ccccc3C(=O)Nc3ccc(C)cc3)cc2OC)cc1. The van der Waals surface area contributed by atoms with Gasteiger partial charge in [-0.2, -0.15) is 5.10 Å². The summed E-state index contributed by atoms with van der Waals surface area (Å²) in [4.78, 5) is 50.5. The molecule has 0 saturated heterocycles. The molecule has 11 heteroatoms. The normalized spacial score (nSPS) is 10.6. The van der Waals surface area contributed by atoms with Gasteiger partial charge in [0.25, 0.3) is 5.91 Å². The number of anilines is 2. The third kappa shape index (κ3) is 9.26. The minimum Gasteiger partial charge on any atom is -0.494 e. The van der Waals surface area contributed by atoms with E-state index in [-0.39, 0.29) is 22.7 Å². The summed E-state index contributed by atoms with van der Waals surface area (Å²) in [6.07, 6.45) is 3.26. The Labute approximate surface area is 266 Å². The van der Waals surface area contributed by atoms with Gasteiger partial charge in [0.15, 0.2) is 11.5 Å². The molecule has 4 rings (SSSR count). The highest BCUT2D eigenvalue weighted by atomic mass is 16.6. The molecule has 3 N–H and O–H groups in total. The molecule has 0 fully saturated rings. The summed E-state index contributed by atoms with van der Waals surface area (Å²) in [6.45, 7) is 4.62. The van der Waals surface area contributed by atoms with E-state index in [1.54, 1.807) is 60.7 Å². The van der Waals surface area contributed by atoms with Crippen molar-refractivity contribution in [1.29, 1.82) is 0 Å². The second kappa shape index (κ2) is 16.2. The van der Waals surface area contributed by atoms with Gasteiger partial charge in [-0.15, -0.1) is 0 Å². The van der Waals surface area contributed by atoms with Crippen molar-refractivity contribution in [2.45, 2.75) is 26.7 Å². The Hall–Kier alpha value is -5.97. The van der Waals surface area contributed by atoms with Gasteiger partial charge in [0.1, 0.15) is 5.75 Å². The molecule has 0 heterocycles. The maximum Gasteiger partial charge on any atom is 0.343 e. The molecule has 4 aromatic carbocycles. The number of hydrazone groups is 1. The van der Waals surface area contributed by atoms with Crippen molar-refractivity contribution in [3.05, 3.63) is 113 Å². The number of benzene rings is 4. The fourth-order valence-electron chi connectivity index (χ4n) is 4.05. The number of methoxy groups -OCH3 is 1. The van der Waals surface area contributed by atoms with Crippen LogP contribution in [0.4, 0.5) is 11.4 Å². The fourth-order valence-corrected chi connectivity index (χ4v) is 4.05. The molecular formula is C35H34N4O7. The van der Waals surface area contributed by atoms with Crippen molar-refractivity contribution in [3.8, 4) is 17.2 Å². The highest BCUT2D eigenvalue weighted by molar-refractivity contribution is 6.40. The summed E-state index contributed by atoms with van der Waals surface area (Å²) in [5, 5.41) is 9.04. The number of nitrogens with one attached hydrogen (secondary N) is 3. The van der Waals surface area contributed by atoms with Crippen LogP contribution in [0.25, 0.3) is 0 Å². The number of nitrogens with zero attached hydrogens (tertiary/aromatic N) is 1. The molecule has 0 bridgehead atoms. The first-order chi connectivity index (χ1) is 22.3. The zero-order valence-corrected chi connectivity index (χ0v) is 25.7. The van der Waals surface area contributed by atoms with Gasteiger partial charge < -0.3 is 24.8 Å². The van der Waals surface area contributed by atoms with Crippen molar-refractivity contribution < 1.29 is 33.4 Å². The van der Waals surface area contributed by atoms with Crippen LogP contribution in [0.15, 0.2) is 96.1 Å². The molecule has 0 atom stereocenters. The van der Waals surface area contributed by atoms with E-state index in [9.17, 15) is 19.2 Å². The van der Waals surface area contributed by atoms with Crippen LogP contribution < -0.4 is 30.3 Å². The number of ether oxygens (including phenoxy) is 3. The minimum absolute atomic E-state index is 0.155. The summed E-state index contributed by atoms with van der Waals surface area (Å²) in [5.41, 5.74) is 4.94. The predicted octanol–water partition coefficient (Wildman–Crippen LogP) is 5.74. The zero-order valence-electron chi connectivity index (χ0n) is 25.7. The van der Waals surface area contributed by atoms with E-state index in [4.69, 9.17) is 14.2 Å². The van der Waals surface area contributed by atoms with Gasteiger partial charge >= 0.3 is 17.8 Å². The molecule has 0 spiro atoms. The summed E-state index contributed by atoms with van der Waals surface area (Å²) in [5.74, 6) is -2.00. The molecule has 0 aliphatic heterocycles. The number of carbonyl (C=O) groups excluding carboxylic acids is 4. The number of carbonyl (C=O) groups is 4. The van der Waals surface area contributed by atoms with Gasteiger partial charge in [-0.25, -0.2) is 10.2 Å². The standard InChI is InChI=1S/C35H34N4O7/c1-4-5-20-45-27-17-13-25(14-18-27)35(43)46-30-19-12-24(21-31(30)44-3)22-36-39-34(42)33(41)38-29-9-7-6-8-28(29)32(40)37-26-15-10-23(2)11-16-26/h6-19,21-22H,4-5,20H2,1-3H3,(H,37,40)(H,38,41)(H,39,42)/b36-22+. The first kappa shape index (κ1) is 32.9. The van der Waals surface area contributed by atoms with Crippen LogP contribution in [0.2, 0.25) is 0 Å². The molecule has 0 saturated carbocycles. The number of unbranched alkanes of at least 4 members (excludes halogenated alkanes) is 1. The van der Waals surface area contributed by atoms with Gasteiger partial charge in [-0.3, -0.25) is 14.4 Å². The topological polar surface area (TPSA) is 144 Å². The van der Waals surface area contributed by atoms with Crippen LogP contribution in [0, 0.1) is 6.92 Å². The Bertz CT molecular complexity index is 1720. The van der Waals surface area contributed by atoms with E-state index in [1.807, 2.05) is 19.1 Å². The second-order valence-electron chi connectivity index (χ2n) is 10.0. The predicted molar refractivity (Wildman–Crippen MR) is 175 cm³/mol. The highest BCUT2D eigenvalue weighted by Gasteiger charge is 2.18. The van der Waals surface area contributed by atoms with Crippen molar-refractivity contribution in [3.63, 3.8) is 0 Å². The van der Waals surface area contributed by atoms with Crippen molar-refractivity contribution in [1.82, 2.24) is 5.43 Å². The van der Waals surface area contributed by atoms with E-state index in [0.717, 1.165) is 18.4 Å². The molecule has 46 heavy (non-hydrogen) atoms. The molecular weight excluding hydrogens is 588 g/mol. The first-order valence-electron chi connectivity index (χ1n) is 14.5. The lowest BCUT2D eigenvalue weighted by atomic mass is 10.1. The van der Waals surface area contributed by atoms with Crippen LogP contribution in [0.3, 0.4) is 0 Å². The maximum absolute atomic E-state index is 12.8. The van der Waals surface area contributed by atoms with E-state index in [2.05, 4.69) is 28.1 Å². The number of hydrogen-bond donors (Lipinski definition) is 3. The minimum atomic E-state index is -1.05. The lowest BCUT2D eigenvalue weighted by Crippen LogP contribution is -2.33. The lowest BCUT2D eigenvalue weighted by molar-refractivity contribution is -0.136. The molecule has 0 aliphatic rings. The monoisotopic (exact) mass is 622 g/mol. The van der Waals surface area contributed by atoms with E-state index >= 15 is 0 Å². The molecule has 0 unspecified atom stereocenters. The van der Waals surface area contributed by atoms with Crippen LogP contribution in [-0.2, 0) is 9.59 Å². The van der Waals surface area contributed by atoms with E-state index in [1.165, 1.54) is 31.5 Å². The molecule has 3 amide bonds. The van der Waals surface area contributed by atoms with Crippen LogP contribution in [0.5, 0.6) is 17.2 Å². The van der Waals surface area contributed by atoms with Crippen LogP contribution >= 0.6 is 0 Å². The summed E-state index contributed by atoms with van der Waals surface area (Å²) in [6, 6.07) is 24.9. The van der Waals surface area contributed by atoms with Gasteiger partial charge in [0.05, 0.1) is 36.7 Å². The molecule has 236 valence electrons. The summed E-state index contributed by atoms with van der Waals surface area (Å²) >= 11 is 0. The molecule has 0 aromatic heterocycles. The average Bonchev–Trinajstić information content (AvgIpc) is 3.07. The summed E-state index contributed by atoms with van der Waals surface area (Å²) in [7, 11) is 1.42. The van der Waals surface area contributed by atoms with Crippen LogP contribution in [-0.4, -0.2) is 43.6 Å². The zero-order chi connectivity index (χ0) is 32.9. The molecule has 0 aliphatic carbocycles. The Morgan fingerprint density at radius 2 is 1.57 bits per heavy atom. The average molecular weight is 623 g/mol. The number of aryl methyl sites for hydroxylation is 1. The Balaban J connectivity index is 1.32. The van der Waals surface area contributed by atoms with Gasteiger partial charge in [-0.1, -0.05) is 43.2 Å². The maximum atomic E-state index is 12.8.